The maximum absolute atomic E-state index is 9.04. The fourth-order valence-corrected chi connectivity index (χ4v) is 3.63. The zero-order valence-corrected chi connectivity index (χ0v) is 17.3. The van der Waals surface area contributed by atoms with Gasteiger partial charge in [0.05, 0.1) is 12.8 Å². The van der Waals surface area contributed by atoms with Gasteiger partial charge in [0.2, 0.25) is 0 Å². The molecule has 0 aliphatic carbocycles. The number of hydrogen-bond donors (Lipinski definition) is 2. The molecule has 1 aliphatic heterocycles. The van der Waals surface area contributed by atoms with Crippen LogP contribution < -0.4 is 5.32 Å². The zero-order valence-electron chi connectivity index (χ0n) is 17.3. The number of unbranched alkanes of at least 4 members (excludes halogenated alkanes) is 12. The minimum Gasteiger partial charge on any atom is -0.395 e. The van der Waals surface area contributed by atoms with E-state index in [1.165, 1.54) is 89.9 Å². The van der Waals surface area contributed by atoms with Crippen LogP contribution >= 0.6 is 0 Å². The van der Waals surface area contributed by atoms with E-state index in [9.17, 15) is 0 Å². The highest BCUT2D eigenvalue weighted by molar-refractivity contribution is 4.94. The van der Waals surface area contributed by atoms with Crippen LogP contribution in [-0.2, 0) is 0 Å². The maximum atomic E-state index is 9.04. The molecule has 0 aromatic rings. The summed E-state index contributed by atoms with van der Waals surface area (Å²) in [5.74, 6) is 0. The van der Waals surface area contributed by atoms with Gasteiger partial charge in [-0.15, -0.1) is 0 Å². The molecule has 0 fully saturated rings. The Balaban J connectivity index is 1.80. The van der Waals surface area contributed by atoms with Crippen LogP contribution in [0.25, 0.3) is 0 Å². The summed E-state index contributed by atoms with van der Waals surface area (Å²) in [5.41, 5.74) is 0. The highest BCUT2D eigenvalue weighted by Gasteiger charge is 2.16. The van der Waals surface area contributed by atoms with E-state index in [-0.39, 0.29) is 6.61 Å². The predicted molar refractivity (Wildman–Crippen MR) is 114 cm³/mol. The van der Waals surface area contributed by atoms with E-state index in [1.807, 2.05) is 12.4 Å². The van der Waals surface area contributed by atoms with Crippen molar-refractivity contribution < 1.29 is 5.11 Å². The summed E-state index contributed by atoms with van der Waals surface area (Å²) >= 11 is 0. The Labute approximate surface area is 162 Å². The fourth-order valence-electron chi connectivity index (χ4n) is 3.63. The lowest BCUT2D eigenvalue weighted by Gasteiger charge is -2.24. The molecule has 0 aromatic carbocycles. The molecular formula is C23H44N2O. The number of rotatable bonds is 18. The van der Waals surface area contributed by atoms with Crippen LogP contribution in [0, 0.1) is 0 Å². The second-order valence-electron chi connectivity index (χ2n) is 7.69. The van der Waals surface area contributed by atoms with Crippen molar-refractivity contribution in [3.63, 3.8) is 0 Å². The first-order valence-electron chi connectivity index (χ1n) is 11.3. The van der Waals surface area contributed by atoms with Crippen LogP contribution in [-0.4, -0.2) is 29.3 Å². The monoisotopic (exact) mass is 364 g/mol. The predicted octanol–water partition coefficient (Wildman–Crippen LogP) is 6.11. The number of nitrogens with one attached hydrogen (secondary N) is 1. The lowest BCUT2D eigenvalue weighted by Crippen LogP contribution is -2.36. The summed E-state index contributed by atoms with van der Waals surface area (Å²) in [6, 6.07) is 0. The number of allylic oxidation sites excluding steroid dienone is 2. The number of aliphatic hydroxyl groups is 1. The Kier molecular flexibility index (Phi) is 15.5. The molecular weight excluding hydrogens is 320 g/mol. The second-order valence-corrected chi connectivity index (χ2v) is 7.69. The lowest BCUT2D eigenvalue weighted by molar-refractivity contribution is 0.194. The number of β-amino-alcohol motifs (C(OH)–C–C–N with tert-alkyl or cyclic N) is 1. The van der Waals surface area contributed by atoms with E-state index in [0.717, 1.165) is 13.0 Å². The Hall–Kier alpha value is -0.960. The Morgan fingerprint density at radius 2 is 1.42 bits per heavy atom. The van der Waals surface area contributed by atoms with Gasteiger partial charge in [0.1, 0.15) is 0 Å². The minimum absolute atomic E-state index is 0.226. The molecule has 1 unspecified atom stereocenters. The Bertz CT molecular complexity index is 354. The topological polar surface area (TPSA) is 35.5 Å². The summed E-state index contributed by atoms with van der Waals surface area (Å²) in [5, 5.41) is 12.4. The first kappa shape index (κ1) is 23.1. The first-order chi connectivity index (χ1) is 12.9. The molecule has 0 spiro atoms. The number of nitrogens with zero attached hydrogens (tertiary/aromatic N) is 1. The zero-order chi connectivity index (χ0) is 18.7. The van der Waals surface area contributed by atoms with Crippen molar-refractivity contribution in [2.45, 2.75) is 109 Å². The Morgan fingerprint density at radius 1 is 0.846 bits per heavy atom. The van der Waals surface area contributed by atoms with Crippen molar-refractivity contribution in [3.05, 3.63) is 24.6 Å². The van der Waals surface area contributed by atoms with Gasteiger partial charge >= 0.3 is 0 Å². The summed E-state index contributed by atoms with van der Waals surface area (Å²) in [6.07, 6.45) is 29.5. The van der Waals surface area contributed by atoms with Gasteiger partial charge in [0.15, 0.2) is 0 Å². The Morgan fingerprint density at radius 3 is 2.04 bits per heavy atom. The molecule has 1 atom stereocenters. The van der Waals surface area contributed by atoms with Crippen molar-refractivity contribution in [2.24, 2.45) is 0 Å². The van der Waals surface area contributed by atoms with Crippen LogP contribution in [0.4, 0.5) is 0 Å². The molecule has 0 saturated carbocycles. The van der Waals surface area contributed by atoms with Gasteiger partial charge in [-0.05, 0) is 38.5 Å². The van der Waals surface area contributed by atoms with E-state index < -0.39 is 0 Å². The van der Waals surface area contributed by atoms with Crippen LogP contribution in [0.1, 0.15) is 103 Å². The molecule has 26 heavy (non-hydrogen) atoms. The van der Waals surface area contributed by atoms with Gasteiger partial charge in [0.25, 0.3) is 0 Å². The van der Waals surface area contributed by atoms with Crippen LogP contribution in [0.15, 0.2) is 24.6 Å². The molecule has 0 radical (unpaired) electrons. The van der Waals surface area contributed by atoms with Gasteiger partial charge in [-0.25, -0.2) is 0 Å². The molecule has 1 aliphatic rings. The molecule has 1 heterocycles. The molecule has 0 amide bonds. The molecule has 0 aromatic heterocycles. The highest BCUT2D eigenvalue weighted by Crippen LogP contribution is 2.13. The summed E-state index contributed by atoms with van der Waals surface area (Å²) in [6.45, 7) is 3.24. The average Bonchev–Trinajstić information content (AvgIpc) is 3.09. The van der Waals surface area contributed by atoms with Crippen LogP contribution in [0.3, 0.4) is 0 Å². The van der Waals surface area contributed by atoms with Crippen molar-refractivity contribution in [1.29, 1.82) is 0 Å². The van der Waals surface area contributed by atoms with Gasteiger partial charge in [-0.1, -0.05) is 76.9 Å². The van der Waals surface area contributed by atoms with Gasteiger partial charge in [-0.3, -0.25) is 0 Å². The molecule has 3 nitrogen and oxygen atoms in total. The van der Waals surface area contributed by atoms with Crippen LogP contribution in [0.5, 0.6) is 0 Å². The number of hydrogen-bond acceptors (Lipinski definition) is 3. The smallest absolute Gasteiger partial charge is 0.0982 e. The standard InChI is InChI=1S/C23H44N2O/c1-2-3-4-5-6-7-8-9-10-11-12-13-14-15-16-17-18-23-24-19-20-25(23)21-22-26/h13-14,19-20,23-24,26H,2-12,15-18,21-22H2,1H3/b14-13+. The summed E-state index contributed by atoms with van der Waals surface area (Å²) < 4.78 is 0. The molecule has 0 bridgehead atoms. The van der Waals surface area contributed by atoms with Crippen LogP contribution in [0.2, 0.25) is 0 Å². The molecule has 0 saturated heterocycles. The van der Waals surface area contributed by atoms with Gasteiger partial charge in [-0.2, -0.15) is 0 Å². The van der Waals surface area contributed by atoms with Crippen molar-refractivity contribution in [2.75, 3.05) is 13.2 Å². The normalized spacial score (nSPS) is 16.7. The van der Waals surface area contributed by atoms with Crippen molar-refractivity contribution in [3.8, 4) is 0 Å². The van der Waals surface area contributed by atoms with E-state index in [2.05, 4.69) is 29.3 Å². The lowest BCUT2D eigenvalue weighted by atomic mass is 10.1. The molecule has 2 N–H and O–H groups in total. The highest BCUT2D eigenvalue weighted by atomic mass is 16.3. The van der Waals surface area contributed by atoms with E-state index in [1.54, 1.807) is 0 Å². The van der Waals surface area contributed by atoms with E-state index in [0.29, 0.717) is 6.17 Å². The third-order valence-corrected chi connectivity index (χ3v) is 5.30. The van der Waals surface area contributed by atoms with E-state index >= 15 is 0 Å². The second kappa shape index (κ2) is 17.5. The molecule has 1 rings (SSSR count). The third-order valence-electron chi connectivity index (χ3n) is 5.30. The van der Waals surface area contributed by atoms with E-state index in [4.69, 9.17) is 5.11 Å². The summed E-state index contributed by atoms with van der Waals surface area (Å²) in [4.78, 5) is 2.20. The minimum atomic E-state index is 0.226. The van der Waals surface area contributed by atoms with Crippen molar-refractivity contribution >= 4 is 0 Å². The average molecular weight is 365 g/mol. The SMILES string of the molecule is CCCCCCCCCCCC/C=C/CCCCC1NC=CN1CCO. The fraction of sp³-hybridized carbons (Fsp3) is 0.826. The quantitative estimate of drug-likeness (QED) is 0.227. The van der Waals surface area contributed by atoms with Crippen molar-refractivity contribution in [1.82, 2.24) is 10.2 Å². The summed E-state index contributed by atoms with van der Waals surface area (Å²) in [7, 11) is 0. The number of aliphatic hydroxyl groups excluding tert-OH is 1. The third kappa shape index (κ3) is 12.4. The largest absolute Gasteiger partial charge is 0.395 e. The van der Waals surface area contributed by atoms with Gasteiger partial charge in [0, 0.05) is 18.9 Å². The first-order valence-corrected chi connectivity index (χ1v) is 11.3. The molecule has 3 heteroatoms. The maximum Gasteiger partial charge on any atom is 0.0982 e. The van der Waals surface area contributed by atoms with Gasteiger partial charge < -0.3 is 15.3 Å². The molecule has 152 valence electrons.